The maximum atomic E-state index is 13.3. The van der Waals surface area contributed by atoms with Crippen molar-refractivity contribution in [1.29, 1.82) is 0 Å². The first-order chi connectivity index (χ1) is 14.8. The molecule has 0 heterocycles. The SMILES string of the molecule is CCN(c1ccc(Oc2ccc(F)cc2)cc1)S(=O)(=O)c1ccc(C)c(C(=O)OC)c1. The predicted octanol–water partition coefficient (Wildman–Crippen LogP) is 4.93. The number of hydrogen-bond donors (Lipinski definition) is 0. The van der Waals surface area contributed by atoms with Crippen molar-refractivity contribution < 1.29 is 27.1 Å². The predicted molar refractivity (Wildman–Crippen MR) is 116 cm³/mol. The number of carbonyl (C=O) groups is 1. The van der Waals surface area contributed by atoms with Crippen LogP contribution in [0.2, 0.25) is 0 Å². The third kappa shape index (κ3) is 4.86. The average Bonchev–Trinajstić information content (AvgIpc) is 2.76. The summed E-state index contributed by atoms with van der Waals surface area (Å²) < 4.78 is 51.2. The summed E-state index contributed by atoms with van der Waals surface area (Å²) in [6.07, 6.45) is 0. The van der Waals surface area contributed by atoms with E-state index in [0.29, 0.717) is 22.7 Å². The number of esters is 1. The quantitative estimate of drug-likeness (QED) is 0.484. The molecule has 0 aliphatic carbocycles. The monoisotopic (exact) mass is 443 g/mol. The van der Waals surface area contributed by atoms with Crippen LogP contribution in [0.5, 0.6) is 11.5 Å². The normalized spacial score (nSPS) is 11.1. The van der Waals surface area contributed by atoms with Crippen LogP contribution in [0.1, 0.15) is 22.8 Å². The molecule has 0 spiro atoms. The van der Waals surface area contributed by atoms with Crippen molar-refractivity contribution in [2.24, 2.45) is 0 Å². The molecule has 0 saturated carbocycles. The van der Waals surface area contributed by atoms with Crippen LogP contribution in [0.15, 0.2) is 71.6 Å². The van der Waals surface area contributed by atoms with Crippen LogP contribution in [0.4, 0.5) is 10.1 Å². The molecule has 0 aliphatic heterocycles. The molecule has 3 rings (SSSR count). The zero-order valence-corrected chi connectivity index (χ0v) is 18.1. The minimum atomic E-state index is -3.92. The number of sulfonamides is 1. The van der Waals surface area contributed by atoms with Crippen LogP contribution < -0.4 is 9.04 Å². The van der Waals surface area contributed by atoms with Gasteiger partial charge in [-0.2, -0.15) is 0 Å². The van der Waals surface area contributed by atoms with E-state index in [4.69, 9.17) is 9.47 Å². The maximum Gasteiger partial charge on any atom is 0.338 e. The van der Waals surface area contributed by atoms with E-state index in [0.717, 1.165) is 0 Å². The first-order valence-electron chi connectivity index (χ1n) is 9.51. The van der Waals surface area contributed by atoms with E-state index < -0.39 is 16.0 Å². The Morgan fingerprint density at radius 1 is 0.968 bits per heavy atom. The number of benzene rings is 3. The Morgan fingerprint density at radius 3 is 2.10 bits per heavy atom. The molecule has 0 bridgehead atoms. The van der Waals surface area contributed by atoms with E-state index >= 15 is 0 Å². The number of rotatable bonds is 7. The summed E-state index contributed by atoms with van der Waals surface area (Å²) in [6.45, 7) is 3.61. The first-order valence-corrected chi connectivity index (χ1v) is 11.0. The Hall–Kier alpha value is -3.39. The Labute approximate surface area is 180 Å². The maximum absolute atomic E-state index is 13.3. The second kappa shape index (κ2) is 9.18. The van der Waals surface area contributed by atoms with Crippen molar-refractivity contribution in [3.63, 3.8) is 0 Å². The lowest BCUT2D eigenvalue weighted by Crippen LogP contribution is -2.31. The largest absolute Gasteiger partial charge is 0.465 e. The van der Waals surface area contributed by atoms with Gasteiger partial charge in [-0.1, -0.05) is 6.07 Å². The number of carbonyl (C=O) groups excluding carboxylic acids is 1. The number of halogens is 1. The molecule has 0 amide bonds. The third-order valence-electron chi connectivity index (χ3n) is 4.66. The fourth-order valence-corrected chi connectivity index (χ4v) is 4.53. The lowest BCUT2D eigenvalue weighted by molar-refractivity contribution is 0.0599. The summed E-state index contributed by atoms with van der Waals surface area (Å²) in [4.78, 5) is 12.0. The Balaban J connectivity index is 1.88. The van der Waals surface area contributed by atoms with Crippen LogP contribution >= 0.6 is 0 Å². The van der Waals surface area contributed by atoms with Gasteiger partial charge in [0.05, 0.1) is 23.3 Å². The van der Waals surface area contributed by atoms with Gasteiger partial charge < -0.3 is 9.47 Å². The molecule has 0 aliphatic rings. The molecule has 0 fully saturated rings. The smallest absolute Gasteiger partial charge is 0.338 e. The summed E-state index contributed by atoms with van der Waals surface area (Å²) in [5.41, 5.74) is 1.26. The van der Waals surface area contributed by atoms with Crippen LogP contribution in [0, 0.1) is 12.7 Å². The van der Waals surface area contributed by atoms with E-state index in [1.54, 1.807) is 44.2 Å². The van der Waals surface area contributed by atoms with Crippen LogP contribution in [-0.4, -0.2) is 28.0 Å². The van der Waals surface area contributed by atoms with Gasteiger partial charge in [0.25, 0.3) is 10.0 Å². The molecule has 0 saturated heterocycles. The highest BCUT2D eigenvalue weighted by Gasteiger charge is 2.25. The van der Waals surface area contributed by atoms with Crippen molar-refractivity contribution >= 4 is 21.7 Å². The topological polar surface area (TPSA) is 72.9 Å². The van der Waals surface area contributed by atoms with Crippen molar-refractivity contribution in [1.82, 2.24) is 0 Å². The Kier molecular flexibility index (Phi) is 6.60. The van der Waals surface area contributed by atoms with Crippen LogP contribution in [-0.2, 0) is 14.8 Å². The van der Waals surface area contributed by atoms with E-state index in [1.165, 1.54) is 47.8 Å². The van der Waals surface area contributed by atoms with Gasteiger partial charge in [0.15, 0.2) is 0 Å². The molecule has 0 unspecified atom stereocenters. The van der Waals surface area contributed by atoms with Crippen molar-refractivity contribution in [2.75, 3.05) is 18.0 Å². The highest BCUT2D eigenvalue weighted by molar-refractivity contribution is 7.92. The van der Waals surface area contributed by atoms with Crippen molar-refractivity contribution in [3.05, 3.63) is 83.7 Å². The molecule has 6 nitrogen and oxygen atoms in total. The molecule has 0 aromatic heterocycles. The number of ether oxygens (including phenoxy) is 2. The molecule has 31 heavy (non-hydrogen) atoms. The molecule has 0 N–H and O–H groups in total. The summed E-state index contributed by atoms with van der Waals surface area (Å²) in [5.74, 6) is -0.0194. The van der Waals surface area contributed by atoms with Gasteiger partial charge in [-0.3, -0.25) is 4.31 Å². The standard InChI is InChI=1S/C23H22FNO5S/c1-4-25(31(27,28)21-14-5-16(2)22(15-21)23(26)29-3)18-8-12-20(13-9-18)30-19-10-6-17(24)7-11-19/h5-15H,4H2,1-3H3. The van der Waals surface area contributed by atoms with Gasteiger partial charge in [-0.05, 0) is 80.1 Å². The second-order valence-corrected chi connectivity index (χ2v) is 8.55. The first kappa shape index (κ1) is 22.3. The van der Waals surface area contributed by atoms with Gasteiger partial charge in [0.1, 0.15) is 17.3 Å². The van der Waals surface area contributed by atoms with E-state index in [2.05, 4.69) is 0 Å². The highest BCUT2D eigenvalue weighted by Crippen LogP contribution is 2.29. The molecular formula is C23H22FNO5S. The van der Waals surface area contributed by atoms with E-state index in [-0.39, 0.29) is 22.8 Å². The summed E-state index contributed by atoms with van der Waals surface area (Å²) in [5, 5.41) is 0. The fraction of sp³-hybridized carbons (Fsp3) is 0.174. The van der Waals surface area contributed by atoms with Crippen molar-refractivity contribution in [3.8, 4) is 11.5 Å². The van der Waals surface area contributed by atoms with Crippen LogP contribution in [0.25, 0.3) is 0 Å². The third-order valence-corrected chi connectivity index (χ3v) is 6.56. The molecule has 3 aromatic rings. The minimum absolute atomic E-state index is 0.00742. The van der Waals surface area contributed by atoms with Gasteiger partial charge in [-0.15, -0.1) is 0 Å². The second-order valence-electron chi connectivity index (χ2n) is 6.69. The lowest BCUT2D eigenvalue weighted by atomic mass is 10.1. The molecule has 162 valence electrons. The van der Waals surface area contributed by atoms with Gasteiger partial charge in [-0.25, -0.2) is 17.6 Å². The summed E-state index contributed by atoms with van der Waals surface area (Å²) in [7, 11) is -2.67. The molecule has 0 atom stereocenters. The zero-order valence-electron chi connectivity index (χ0n) is 17.3. The molecule has 3 aromatic carbocycles. The number of anilines is 1. The average molecular weight is 443 g/mol. The van der Waals surface area contributed by atoms with Gasteiger partial charge in [0, 0.05) is 6.54 Å². The number of nitrogens with zero attached hydrogens (tertiary/aromatic N) is 1. The molecular weight excluding hydrogens is 421 g/mol. The minimum Gasteiger partial charge on any atom is -0.465 e. The van der Waals surface area contributed by atoms with Gasteiger partial charge >= 0.3 is 5.97 Å². The molecule has 0 radical (unpaired) electrons. The Bertz CT molecular complexity index is 1180. The van der Waals surface area contributed by atoms with Gasteiger partial charge in [0.2, 0.25) is 0 Å². The fourth-order valence-electron chi connectivity index (χ4n) is 3.03. The zero-order chi connectivity index (χ0) is 22.6. The summed E-state index contributed by atoms with van der Waals surface area (Å²) in [6, 6.07) is 16.5. The van der Waals surface area contributed by atoms with Crippen molar-refractivity contribution in [2.45, 2.75) is 18.7 Å². The number of hydrogen-bond acceptors (Lipinski definition) is 5. The molecule has 8 heteroatoms. The van der Waals surface area contributed by atoms with E-state index in [1.807, 2.05) is 0 Å². The number of methoxy groups -OCH3 is 1. The highest BCUT2D eigenvalue weighted by atomic mass is 32.2. The Morgan fingerprint density at radius 2 is 1.55 bits per heavy atom. The number of aryl methyl sites for hydroxylation is 1. The van der Waals surface area contributed by atoms with Crippen LogP contribution in [0.3, 0.4) is 0 Å². The van der Waals surface area contributed by atoms with E-state index in [9.17, 15) is 17.6 Å². The lowest BCUT2D eigenvalue weighted by Gasteiger charge is -2.23. The summed E-state index contributed by atoms with van der Waals surface area (Å²) >= 11 is 0.